The van der Waals surface area contributed by atoms with Gasteiger partial charge in [-0.1, -0.05) is 22.9 Å². The summed E-state index contributed by atoms with van der Waals surface area (Å²) in [4.78, 5) is 0.856. The Labute approximate surface area is 99.4 Å². The Morgan fingerprint density at radius 1 is 1.27 bits per heavy atom. The van der Waals surface area contributed by atoms with Crippen molar-refractivity contribution in [3.05, 3.63) is 29.8 Å². The standard InChI is InChI=1S/C10H10BrF3S/c1-7(6-11)15-9-4-2-8(3-5-9)10(12,13)14/h2-5,7H,6H2,1H3. The Morgan fingerprint density at radius 2 is 1.80 bits per heavy atom. The summed E-state index contributed by atoms with van der Waals surface area (Å²) in [7, 11) is 0. The normalized spacial score (nSPS) is 13.9. The highest BCUT2D eigenvalue weighted by molar-refractivity contribution is 9.09. The summed E-state index contributed by atoms with van der Waals surface area (Å²) in [6.45, 7) is 2.01. The van der Waals surface area contributed by atoms with Crippen LogP contribution in [0.15, 0.2) is 29.2 Å². The van der Waals surface area contributed by atoms with Gasteiger partial charge < -0.3 is 0 Å². The van der Waals surface area contributed by atoms with Crippen LogP contribution in [0.1, 0.15) is 12.5 Å². The number of hydrogen-bond donors (Lipinski definition) is 0. The van der Waals surface area contributed by atoms with E-state index in [1.165, 1.54) is 12.1 Å². The minimum absolute atomic E-state index is 0.349. The lowest BCUT2D eigenvalue weighted by molar-refractivity contribution is -0.137. The van der Waals surface area contributed by atoms with Crippen LogP contribution in [0.2, 0.25) is 0 Å². The van der Waals surface area contributed by atoms with E-state index in [1.54, 1.807) is 11.8 Å². The molecule has 1 unspecified atom stereocenters. The highest BCUT2D eigenvalue weighted by atomic mass is 79.9. The van der Waals surface area contributed by atoms with Gasteiger partial charge in [0.25, 0.3) is 0 Å². The number of alkyl halides is 4. The molecule has 5 heteroatoms. The number of halogens is 4. The Morgan fingerprint density at radius 3 is 2.20 bits per heavy atom. The van der Waals surface area contributed by atoms with Crippen molar-refractivity contribution in [1.82, 2.24) is 0 Å². The predicted octanol–water partition coefficient (Wildman–Crippen LogP) is 4.58. The molecular weight excluding hydrogens is 289 g/mol. The predicted molar refractivity (Wildman–Crippen MR) is 60.6 cm³/mol. The van der Waals surface area contributed by atoms with Crippen LogP contribution in [0.3, 0.4) is 0 Å². The molecule has 0 spiro atoms. The van der Waals surface area contributed by atoms with Gasteiger partial charge in [0.05, 0.1) is 5.56 Å². The third-order valence-corrected chi connectivity index (χ3v) is 4.25. The lowest BCUT2D eigenvalue weighted by atomic mass is 10.2. The summed E-state index contributed by atoms with van der Waals surface area (Å²) in [5.74, 6) is 0. The number of benzene rings is 1. The van der Waals surface area contributed by atoms with E-state index < -0.39 is 11.7 Å². The van der Waals surface area contributed by atoms with Gasteiger partial charge >= 0.3 is 6.18 Å². The van der Waals surface area contributed by atoms with Crippen molar-refractivity contribution in [3.63, 3.8) is 0 Å². The smallest absolute Gasteiger partial charge is 0.166 e. The zero-order chi connectivity index (χ0) is 11.5. The fraction of sp³-hybridized carbons (Fsp3) is 0.400. The van der Waals surface area contributed by atoms with Crippen LogP contribution in [0.5, 0.6) is 0 Å². The van der Waals surface area contributed by atoms with Crippen molar-refractivity contribution in [1.29, 1.82) is 0 Å². The molecule has 0 N–H and O–H groups in total. The molecule has 0 aliphatic carbocycles. The maximum atomic E-state index is 12.2. The average molecular weight is 299 g/mol. The van der Waals surface area contributed by atoms with Crippen molar-refractivity contribution >= 4 is 27.7 Å². The molecule has 15 heavy (non-hydrogen) atoms. The molecule has 0 heterocycles. The molecule has 0 saturated heterocycles. The molecule has 0 radical (unpaired) electrons. The lowest BCUT2D eigenvalue weighted by Crippen LogP contribution is -2.04. The molecule has 84 valence electrons. The van der Waals surface area contributed by atoms with Gasteiger partial charge in [-0.05, 0) is 24.3 Å². The molecule has 0 amide bonds. The Bertz CT molecular complexity index is 307. The quantitative estimate of drug-likeness (QED) is 0.581. The Balaban J connectivity index is 2.73. The first kappa shape index (κ1) is 12.9. The van der Waals surface area contributed by atoms with E-state index in [9.17, 15) is 13.2 Å². The van der Waals surface area contributed by atoms with Gasteiger partial charge in [-0.2, -0.15) is 13.2 Å². The van der Waals surface area contributed by atoms with Crippen LogP contribution in [0.4, 0.5) is 13.2 Å². The van der Waals surface area contributed by atoms with E-state index in [4.69, 9.17) is 0 Å². The van der Waals surface area contributed by atoms with Gasteiger partial charge in [0, 0.05) is 15.5 Å². The zero-order valence-electron chi connectivity index (χ0n) is 8.01. The topological polar surface area (TPSA) is 0 Å². The van der Waals surface area contributed by atoms with Crippen LogP contribution >= 0.6 is 27.7 Å². The highest BCUT2D eigenvalue weighted by Gasteiger charge is 2.29. The molecule has 0 aliphatic heterocycles. The van der Waals surface area contributed by atoms with Crippen molar-refractivity contribution in [2.75, 3.05) is 5.33 Å². The van der Waals surface area contributed by atoms with Gasteiger partial charge in [-0.3, -0.25) is 0 Å². The maximum Gasteiger partial charge on any atom is 0.416 e. The van der Waals surface area contributed by atoms with Crippen molar-refractivity contribution in [2.24, 2.45) is 0 Å². The average Bonchev–Trinajstić information content (AvgIpc) is 2.17. The fourth-order valence-corrected chi connectivity index (χ4v) is 2.20. The summed E-state index contributed by atoms with van der Waals surface area (Å²) in [6, 6.07) is 5.24. The van der Waals surface area contributed by atoms with Crippen LogP contribution < -0.4 is 0 Å². The molecule has 0 aliphatic rings. The maximum absolute atomic E-state index is 12.2. The zero-order valence-corrected chi connectivity index (χ0v) is 10.4. The summed E-state index contributed by atoms with van der Waals surface area (Å²) < 4.78 is 36.7. The molecule has 0 fully saturated rings. The van der Waals surface area contributed by atoms with Gasteiger partial charge in [0.2, 0.25) is 0 Å². The number of rotatable bonds is 3. The van der Waals surface area contributed by atoms with E-state index in [0.717, 1.165) is 22.4 Å². The van der Waals surface area contributed by atoms with E-state index in [1.807, 2.05) is 6.92 Å². The molecule has 1 aromatic rings. The summed E-state index contributed by atoms with van der Waals surface area (Å²) in [5.41, 5.74) is -0.599. The summed E-state index contributed by atoms with van der Waals surface area (Å²) in [6.07, 6.45) is -4.25. The number of hydrogen-bond acceptors (Lipinski definition) is 1. The lowest BCUT2D eigenvalue weighted by Gasteiger charge is -2.09. The molecule has 1 atom stereocenters. The summed E-state index contributed by atoms with van der Waals surface area (Å²) in [5, 5.41) is 1.17. The number of thioether (sulfide) groups is 1. The second-order valence-corrected chi connectivity index (χ2v) is 5.26. The van der Waals surface area contributed by atoms with Gasteiger partial charge in [-0.25, -0.2) is 0 Å². The first-order valence-corrected chi connectivity index (χ1v) is 6.33. The second-order valence-electron chi connectivity index (χ2n) is 3.10. The SMILES string of the molecule is CC(CBr)Sc1ccc(C(F)(F)F)cc1. The van der Waals surface area contributed by atoms with Crippen molar-refractivity contribution < 1.29 is 13.2 Å². The van der Waals surface area contributed by atoms with Crippen molar-refractivity contribution in [2.45, 2.75) is 23.2 Å². The van der Waals surface area contributed by atoms with E-state index in [2.05, 4.69) is 15.9 Å². The second kappa shape index (κ2) is 5.25. The van der Waals surface area contributed by atoms with Gasteiger partial charge in [0.15, 0.2) is 0 Å². The third-order valence-electron chi connectivity index (χ3n) is 1.74. The van der Waals surface area contributed by atoms with E-state index in [-0.39, 0.29) is 0 Å². The third kappa shape index (κ3) is 4.07. The first-order valence-electron chi connectivity index (χ1n) is 4.33. The molecule has 1 aromatic carbocycles. The largest absolute Gasteiger partial charge is 0.416 e. The Kier molecular flexibility index (Phi) is 4.52. The van der Waals surface area contributed by atoms with E-state index >= 15 is 0 Å². The molecule has 0 saturated carbocycles. The van der Waals surface area contributed by atoms with Crippen LogP contribution in [-0.4, -0.2) is 10.6 Å². The molecule has 0 bridgehead atoms. The van der Waals surface area contributed by atoms with Crippen LogP contribution in [-0.2, 0) is 6.18 Å². The molecular formula is C10H10BrF3S. The highest BCUT2D eigenvalue weighted by Crippen LogP contribution is 2.31. The Hall–Kier alpha value is -0.160. The fourth-order valence-electron chi connectivity index (χ4n) is 0.986. The van der Waals surface area contributed by atoms with Crippen LogP contribution in [0.25, 0.3) is 0 Å². The van der Waals surface area contributed by atoms with Crippen LogP contribution in [0, 0.1) is 0 Å². The molecule has 0 nitrogen and oxygen atoms in total. The van der Waals surface area contributed by atoms with E-state index in [0.29, 0.717) is 5.25 Å². The van der Waals surface area contributed by atoms with Crippen molar-refractivity contribution in [3.8, 4) is 0 Å². The monoisotopic (exact) mass is 298 g/mol. The minimum atomic E-state index is -4.25. The van der Waals surface area contributed by atoms with Gasteiger partial charge in [-0.15, -0.1) is 11.8 Å². The minimum Gasteiger partial charge on any atom is -0.166 e. The first-order chi connectivity index (χ1) is 6.93. The molecule has 0 aromatic heterocycles. The van der Waals surface area contributed by atoms with Gasteiger partial charge in [0.1, 0.15) is 0 Å². The summed E-state index contributed by atoms with van der Waals surface area (Å²) >= 11 is 4.87. The molecule has 1 rings (SSSR count).